The monoisotopic (exact) mass is 508 g/mol. The zero-order chi connectivity index (χ0) is 25.4. The van der Waals surface area contributed by atoms with Crippen LogP contribution in [0.3, 0.4) is 0 Å². The second-order valence-corrected chi connectivity index (χ2v) is 9.24. The summed E-state index contributed by atoms with van der Waals surface area (Å²) in [5, 5.41) is 10.4. The van der Waals surface area contributed by atoms with Crippen molar-refractivity contribution < 1.29 is 23.8 Å². The number of fused-ring (bicyclic) bond motifs is 1. The van der Waals surface area contributed by atoms with Crippen molar-refractivity contribution in [2.45, 2.75) is 31.4 Å². The Labute approximate surface area is 212 Å². The van der Waals surface area contributed by atoms with Gasteiger partial charge < -0.3 is 19.5 Å². The first-order valence-corrected chi connectivity index (χ1v) is 11.9. The van der Waals surface area contributed by atoms with Crippen LogP contribution >= 0.6 is 11.6 Å². The number of rotatable bonds is 7. The number of nitrogens with one attached hydrogen (secondary N) is 2. The molecule has 0 fully saturated rings. The predicted molar refractivity (Wildman–Crippen MR) is 132 cm³/mol. The minimum absolute atomic E-state index is 0.103. The number of ketones is 2. The smallest absolute Gasteiger partial charge is 0.236 e. The summed E-state index contributed by atoms with van der Waals surface area (Å²) in [5.74, 6) is -0.135. The summed E-state index contributed by atoms with van der Waals surface area (Å²) in [5.41, 5.74) is 0.201. The van der Waals surface area contributed by atoms with Gasteiger partial charge in [0.1, 0.15) is 34.2 Å². The highest BCUT2D eigenvalue weighted by molar-refractivity contribution is 6.36. The third-order valence-electron chi connectivity index (χ3n) is 6.72. The average Bonchev–Trinajstić information content (AvgIpc) is 3.52. The van der Waals surface area contributed by atoms with Crippen LogP contribution in [-0.2, 0) is 11.2 Å². The van der Waals surface area contributed by atoms with E-state index in [4.69, 9.17) is 25.8 Å². The van der Waals surface area contributed by atoms with Crippen molar-refractivity contribution >= 4 is 23.2 Å². The maximum absolute atomic E-state index is 13.7. The Morgan fingerprint density at radius 3 is 2.61 bits per heavy atom. The van der Waals surface area contributed by atoms with Gasteiger partial charge in [-0.25, -0.2) is 4.98 Å². The third-order valence-corrected chi connectivity index (χ3v) is 7.07. The molecular formula is C26H25ClN4O5. The van der Waals surface area contributed by atoms with E-state index in [0.717, 1.165) is 5.56 Å². The SMILES string of the molecule is COc1cc(OC)c2c(c1Cl)O[C@@]1(C(=O)C=C(N[C@H](Cc3ccccc3)c3ncn[nH]3)C[C@H]1C)C2=O. The molecular weight excluding hydrogens is 484 g/mol. The van der Waals surface area contributed by atoms with E-state index >= 15 is 0 Å². The summed E-state index contributed by atoms with van der Waals surface area (Å²) < 4.78 is 16.8. The van der Waals surface area contributed by atoms with Crippen molar-refractivity contribution in [2.75, 3.05) is 14.2 Å². The minimum Gasteiger partial charge on any atom is -0.496 e. The van der Waals surface area contributed by atoms with Gasteiger partial charge in [-0.1, -0.05) is 48.9 Å². The summed E-state index contributed by atoms with van der Waals surface area (Å²) in [6.07, 6.45) is 3.90. The van der Waals surface area contributed by atoms with Gasteiger partial charge >= 0.3 is 0 Å². The Bertz CT molecular complexity index is 1340. The van der Waals surface area contributed by atoms with E-state index < -0.39 is 23.1 Å². The van der Waals surface area contributed by atoms with Crippen molar-refractivity contribution in [2.24, 2.45) is 5.92 Å². The Morgan fingerprint density at radius 1 is 1.22 bits per heavy atom. The zero-order valence-electron chi connectivity index (χ0n) is 20.0. The van der Waals surface area contributed by atoms with E-state index in [1.807, 2.05) is 37.3 Å². The second kappa shape index (κ2) is 9.31. The molecule has 2 aliphatic rings. The first-order chi connectivity index (χ1) is 17.4. The van der Waals surface area contributed by atoms with Gasteiger partial charge in [-0.05, 0) is 18.4 Å². The highest BCUT2D eigenvalue weighted by Crippen LogP contribution is 2.53. The number of hydrogen-bond donors (Lipinski definition) is 2. The molecule has 1 aromatic heterocycles. The van der Waals surface area contributed by atoms with Crippen molar-refractivity contribution in [1.29, 1.82) is 0 Å². The molecule has 2 heterocycles. The van der Waals surface area contributed by atoms with E-state index in [-0.39, 0.29) is 28.1 Å². The lowest BCUT2D eigenvalue weighted by atomic mass is 9.74. The normalized spacial score (nSPS) is 21.6. The third kappa shape index (κ3) is 3.80. The summed E-state index contributed by atoms with van der Waals surface area (Å²) in [4.78, 5) is 31.6. The number of methoxy groups -OCH3 is 2. The maximum Gasteiger partial charge on any atom is 0.236 e. The number of Topliss-reactive ketones (excluding diaryl/α,β-unsaturated/α-hetero) is 1. The molecule has 2 aromatic carbocycles. The molecule has 0 saturated heterocycles. The lowest BCUT2D eigenvalue weighted by Gasteiger charge is -2.36. The number of H-pyrrole nitrogens is 1. The number of nitrogens with zero attached hydrogens (tertiary/aromatic N) is 2. The molecule has 2 N–H and O–H groups in total. The van der Waals surface area contributed by atoms with E-state index in [2.05, 4.69) is 20.5 Å². The molecule has 186 valence electrons. The lowest BCUT2D eigenvalue weighted by molar-refractivity contribution is -0.129. The fourth-order valence-electron chi connectivity index (χ4n) is 4.90. The predicted octanol–water partition coefficient (Wildman–Crippen LogP) is 3.86. The van der Waals surface area contributed by atoms with Gasteiger partial charge in [-0.3, -0.25) is 14.7 Å². The van der Waals surface area contributed by atoms with Crippen molar-refractivity contribution in [1.82, 2.24) is 20.5 Å². The van der Waals surface area contributed by atoms with E-state index in [9.17, 15) is 9.59 Å². The van der Waals surface area contributed by atoms with Crippen LogP contribution < -0.4 is 19.5 Å². The zero-order valence-corrected chi connectivity index (χ0v) is 20.8. The van der Waals surface area contributed by atoms with Crippen LogP contribution in [0.15, 0.2) is 54.5 Å². The van der Waals surface area contributed by atoms with Gasteiger partial charge in [0.05, 0.1) is 20.3 Å². The number of hydrogen-bond acceptors (Lipinski definition) is 8. The van der Waals surface area contributed by atoms with E-state index in [0.29, 0.717) is 30.1 Å². The Balaban J connectivity index is 1.46. The Morgan fingerprint density at radius 2 is 1.97 bits per heavy atom. The van der Waals surface area contributed by atoms with Crippen LogP contribution in [0.1, 0.15) is 41.1 Å². The van der Waals surface area contributed by atoms with Gasteiger partial charge in [0, 0.05) is 23.8 Å². The average molecular weight is 509 g/mol. The van der Waals surface area contributed by atoms with Gasteiger partial charge in [-0.2, -0.15) is 5.10 Å². The molecule has 1 aliphatic carbocycles. The van der Waals surface area contributed by atoms with Crippen molar-refractivity contribution in [3.8, 4) is 17.2 Å². The maximum atomic E-state index is 13.7. The summed E-state index contributed by atoms with van der Waals surface area (Å²) >= 11 is 6.46. The van der Waals surface area contributed by atoms with Gasteiger partial charge in [0.15, 0.2) is 5.75 Å². The molecule has 1 aliphatic heterocycles. The molecule has 0 bridgehead atoms. The number of aromatic amines is 1. The van der Waals surface area contributed by atoms with Crippen molar-refractivity contribution in [3.05, 3.63) is 76.5 Å². The number of aromatic nitrogens is 3. The van der Waals surface area contributed by atoms with Crippen molar-refractivity contribution in [3.63, 3.8) is 0 Å². The minimum atomic E-state index is -1.72. The highest BCUT2D eigenvalue weighted by atomic mass is 35.5. The number of allylic oxidation sites excluding steroid dienone is 1. The number of carbonyl (C=O) groups is 2. The molecule has 3 aromatic rings. The number of halogens is 1. The first kappa shape index (κ1) is 23.9. The second-order valence-electron chi connectivity index (χ2n) is 8.86. The largest absolute Gasteiger partial charge is 0.496 e. The van der Waals surface area contributed by atoms with E-state index in [1.54, 1.807) is 0 Å². The molecule has 0 saturated carbocycles. The summed E-state index contributed by atoms with van der Waals surface area (Å²) in [6, 6.07) is 11.2. The standard InChI is InChI=1S/C26H25ClN4O5/c1-14-9-16(30-17(25-28-13-29-31-25)10-15-7-5-4-6-8-15)11-20(32)26(14)24(33)21-18(34-2)12-19(35-3)22(27)23(21)36-26/h4-8,11-14,17,30H,9-10H2,1-3H3,(H,28,29,31)/t14-,17-,26+/m1/s1. The summed E-state index contributed by atoms with van der Waals surface area (Å²) in [7, 11) is 2.89. The summed E-state index contributed by atoms with van der Waals surface area (Å²) in [6.45, 7) is 1.81. The van der Waals surface area contributed by atoms with Gasteiger partial charge in [0.2, 0.25) is 17.2 Å². The molecule has 3 atom stereocenters. The topological polar surface area (TPSA) is 115 Å². The van der Waals surface area contributed by atoms with Gasteiger partial charge in [-0.15, -0.1) is 0 Å². The van der Waals surface area contributed by atoms with Crippen LogP contribution in [0.4, 0.5) is 0 Å². The fourth-order valence-corrected chi connectivity index (χ4v) is 5.17. The Hall–Kier alpha value is -3.85. The molecule has 0 amide bonds. The number of ether oxygens (including phenoxy) is 3. The molecule has 5 rings (SSSR count). The molecule has 0 unspecified atom stereocenters. The van der Waals surface area contributed by atoms with Crippen LogP contribution in [0.5, 0.6) is 17.2 Å². The molecule has 36 heavy (non-hydrogen) atoms. The molecule has 9 nitrogen and oxygen atoms in total. The van der Waals surface area contributed by atoms with Crippen LogP contribution in [-0.4, -0.2) is 46.6 Å². The quantitative estimate of drug-likeness (QED) is 0.462. The van der Waals surface area contributed by atoms with E-state index in [1.165, 1.54) is 32.7 Å². The lowest BCUT2D eigenvalue weighted by Crippen LogP contribution is -2.55. The van der Waals surface area contributed by atoms with Gasteiger partial charge in [0.25, 0.3) is 0 Å². The van der Waals surface area contributed by atoms with Crippen LogP contribution in [0.2, 0.25) is 5.02 Å². The molecule has 0 radical (unpaired) electrons. The molecule has 1 spiro atoms. The fraction of sp³-hybridized carbons (Fsp3) is 0.308. The van der Waals surface area contributed by atoms with Crippen LogP contribution in [0.25, 0.3) is 0 Å². The van der Waals surface area contributed by atoms with Crippen LogP contribution in [0, 0.1) is 5.92 Å². The highest BCUT2D eigenvalue weighted by Gasteiger charge is 2.60. The molecule has 10 heteroatoms. The number of carbonyl (C=O) groups excluding carboxylic acids is 2. The first-order valence-electron chi connectivity index (χ1n) is 11.5. The number of benzene rings is 2. The Kier molecular flexibility index (Phi) is 6.17.